The van der Waals surface area contributed by atoms with Crippen molar-refractivity contribution in [3.05, 3.63) is 12.7 Å². The number of carbonyl (C=O) groups is 2. The molecule has 0 aliphatic carbocycles. The van der Waals surface area contributed by atoms with Gasteiger partial charge in [0.05, 0.1) is 25.4 Å². The van der Waals surface area contributed by atoms with Crippen LogP contribution in [-0.4, -0.2) is 96.9 Å². The number of ether oxygens (including phenoxy) is 1. The van der Waals surface area contributed by atoms with Gasteiger partial charge in [0.1, 0.15) is 12.7 Å². The highest BCUT2D eigenvalue weighted by Crippen LogP contribution is 2.10. The maximum absolute atomic E-state index is 12.5. The van der Waals surface area contributed by atoms with Crippen molar-refractivity contribution in [3.63, 3.8) is 0 Å². The molecule has 1 aromatic heterocycles. The van der Waals surface area contributed by atoms with Gasteiger partial charge in [0.15, 0.2) is 0 Å². The highest BCUT2D eigenvalue weighted by molar-refractivity contribution is 7.88. The molecule has 0 saturated carbocycles. The second-order valence-corrected chi connectivity index (χ2v) is 8.84. The third-order valence-corrected chi connectivity index (χ3v) is 5.84. The van der Waals surface area contributed by atoms with Gasteiger partial charge in [-0.2, -0.15) is 5.10 Å². The molecule has 12 heteroatoms. The first-order valence-corrected chi connectivity index (χ1v) is 11.0. The van der Waals surface area contributed by atoms with E-state index in [9.17, 15) is 18.0 Å². The monoisotopic (exact) mass is 416 g/mol. The zero-order valence-electron chi connectivity index (χ0n) is 16.3. The Morgan fingerprint density at radius 1 is 1.39 bits per heavy atom. The van der Waals surface area contributed by atoms with E-state index in [4.69, 9.17) is 4.74 Å². The van der Waals surface area contributed by atoms with Crippen LogP contribution in [0.5, 0.6) is 0 Å². The van der Waals surface area contributed by atoms with E-state index in [1.807, 2.05) is 0 Å². The minimum atomic E-state index is -3.28. The number of nitrogens with zero attached hydrogens (tertiary/aromatic N) is 5. The predicted molar refractivity (Wildman–Crippen MR) is 101 cm³/mol. The fourth-order valence-corrected chi connectivity index (χ4v) is 3.16. The Morgan fingerprint density at radius 3 is 2.86 bits per heavy atom. The summed E-state index contributed by atoms with van der Waals surface area (Å²) in [6, 6.07) is 0. The van der Waals surface area contributed by atoms with Crippen LogP contribution in [0.1, 0.15) is 12.8 Å². The zero-order valence-corrected chi connectivity index (χ0v) is 17.1. The molecular formula is C16H28N6O5S. The lowest BCUT2D eigenvalue weighted by Gasteiger charge is -2.23. The summed E-state index contributed by atoms with van der Waals surface area (Å²) >= 11 is 0. The number of aryl methyl sites for hydroxylation is 1. The summed E-state index contributed by atoms with van der Waals surface area (Å²) in [5, 5.41) is 6.72. The van der Waals surface area contributed by atoms with Gasteiger partial charge in [-0.1, -0.05) is 0 Å². The van der Waals surface area contributed by atoms with Gasteiger partial charge in [-0.3, -0.25) is 14.3 Å². The van der Waals surface area contributed by atoms with Crippen LogP contribution < -0.4 is 5.32 Å². The smallest absolute Gasteiger partial charge is 0.227 e. The second-order valence-electron chi connectivity index (χ2n) is 6.75. The topological polar surface area (TPSA) is 127 Å². The van der Waals surface area contributed by atoms with Gasteiger partial charge in [-0.25, -0.2) is 17.7 Å². The third kappa shape index (κ3) is 7.17. The Hall–Kier alpha value is -2.05. The SMILES string of the molecule is CN(CCNC(=O)C1COCCN(C(=O)CCCn2cncn2)C1)S(C)(=O)=O. The van der Waals surface area contributed by atoms with Crippen LogP contribution in [0.3, 0.4) is 0 Å². The molecule has 2 amide bonds. The number of nitrogens with one attached hydrogen (secondary N) is 1. The Kier molecular flexibility index (Phi) is 8.33. The van der Waals surface area contributed by atoms with E-state index < -0.39 is 15.9 Å². The van der Waals surface area contributed by atoms with Crippen LogP contribution in [0.2, 0.25) is 0 Å². The van der Waals surface area contributed by atoms with E-state index in [-0.39, 0.29) is 38.1 Å². The molecule has 1 fully saturated rings. The van der Waals surface area contributed by atoms with Crippen molar-refractivity contribution < 1.29 is 22.7 Å². The lowest BCUT2D eigenvalue weighted by Crippen LogP contribution is -2.43. The number of aromatic nitrogens is 3. The highest BCUT2D eigenvalue weighted by Gasteiger charge is 2.27. The number of sulfonamides is 1. The van der Waals surface area contributed by atoms with Crippen molar-refractivity contribution in [2.24, 2.45) is 5.92 Å². The summed E-state index contributed by atoms with van der Waals surface area (Å²) in [5.41, 5.74) is 0. The van der Waals surface area contributed by atoms with Crippen molar-refractivity contribution in [3.8, 4) is 0 Å². The van der Waals surface area contributed by atoms with E-state index in [1.165, 1.54) is 17.7 Å². The van der Waals surface area contributed by atoms with Gasteiger partial charge < -0.3 is 15.0 Å². The van der Waals surface area contributed by atoms with Crippen LogP contribution >= 0.6 is 0 Å². The first-order valence-electron chi connectivity index (χ1n) is 9.14. The molecule has 1 atom stereocenters. The summed E-state index contributed by atoms with van der Waals surface area (Å²) in [4.78, 5) is 30.4. The van der Waals surface area contributed by atoms with Crippen LogP contribution in [-0.2, 0) is 30.9 Å². The number of carbonyl (C=O) groups excluding carboxylic acids is 2. The minimum Gasteiger partial charge on any atom is -0.379 e. The Balaban J connectivity index is 1.77. The minimum absolute atomic E-state index is 0.0276. The molecule has 28 heavy (non-hydrogen) atoms. The molecule has 1 aliphatic rings. The fraction of sp³-hybridized carbons (Fsp3) is 0.750. The molecule has 158 valence electrons. The van der Waals surface area contributed by atoms with E-state index in [0.717, 1.165) is 6.26 Å². The number of amides is 2. The summed E-state index contributed by atoms with van der Waals surface area (Å²) < 4.78 is 31.1. The predicted octanol–water partition coefficient (Wildman–Crippen LogP) is -1.46. The van der Waals surface area contributed by atoms with Gasteiger partial charge >= 0.3 is 0 Å². The Labute approximate surface area is 165 Å². The van der Waals surface area contributed by atoms with Gasteiger partial charge in [0.25, 0.3) is 0 Å². The van der Waals surface area contributed by atoms with Gasteiger partial charge in [-0.05, 0) is 6.42 Å². The maximum atomic E-state index is 12.5. The number of hydrogen-bond acceptors (Lipinski definition) is 7. The van der Waals surface area contributed by atoms with Gasteiger partial charge in [-0.15, -0.1) is 0 Å². The quantitative estimate of drug-likeness (QED) is 0.521. The normalized spacial score (nSPS) is 18.1. The molecule has 1 saturated heterocycles. The Morgan fingerprint density at radius 2 is 2.18 bits per heavy atom. The molecule has 0 aromatic carbocycles. The summed E-state index contributed by atoms with van der Waals surface area (Å²) in [7, 11) is -1.83. The molecule has 1 aliphatic heterocycles. The molecule has 1 N–H and O–H groups in total. The van der Waals surface area contributed by atoms with Gasteiger partial charge in [0, 0.05) is 46.2 Å². The molecule has 0 radical (unpaired) electrons. The van der Waals surface area contributed by atoms with Crippen molar-refractivity contribution >= 4 is 21.8 Å². The zero-order chi connectivity index (χ0) is 20.6. The lowest BCUT2D eigenvalue weighted by atomic mass is 10.1. The fourth-order valence-electron chi connectivity index (χ4n) is 2.74. The molecule has 11 nitrogen and oxygen atoms in total. The maximum Gasteiger partial charge on any atom is 0.227 e. The van der Waals surface area contributed by atoms with E-state index in [2.05, 4.69) is 15.4 Å². The van der Waals surface area contributed by atoms with Crippen molar-refractivity contribution in [2.75, 3.05) is 52.7 Å². The highest BCUT2D eigenvalue weighted by atomic mass is 32.2. The summed E-state index contributed by atoms with van der Waals surface area (Å²) in [6.45, 7) is 2.34. The number of hydrogen-bond donors (Lipinski definition) is 1. The molecule has 2 heterocycles. The van der Waals surface area contributed by atoms with Crippen LogP contribution in [0, 0.1) is 5.92 Å². The van der Waals surface area contributed by atoms with E-state index >= 15 is 0 Å². The molecule has 1 unspecified atom stereocenters. The lowest BCUT2D eigenvalue weighted by molar-refractivity contribution is -0.133. The van der Waals surface area contributed by atoms with Crippen LogP contribution in [0.25, 0.3) is 0 Å². The number of rotatable bonds is 9. The first kappa shape index (κ1) is 22.2. The summed E-state index contributed by atoms with van der Waals surface area (Å²) in [6.07, 6.45) is 5.15. The molecule has 1 aromatic rings. The van der Waals surface area contributed by atoms with Crippen LogP contribution in [0.4, 0.5) is 0 Å². The largest absolute Gasteiger partial charge is 0.379 e. The van der Waals surface area contributed by atoms with Crippen molar-refractivity contribution in [1.82, 2.24) is 29.3 Å². The van der Waals surface area contributed by atoms with Crippen LogP contribution in [0.15, 0.2) is 12.7 Å². The third-order valence-electron chi connectivity index (χ3n) is 4.53. The van der Waals surface area contributed by atoms with E-state index in [0.29, 0.717) is 32.5 Å². The summed E-state index contributed by atoms with van der Waals surface area (Å²) in [5.74, 6) is -0.755. The van der Waals surface area contributed by atoms with E-state index in [1.54, 1.807) is 15.9 Å². The first-order chi connectivity index (χ1) is 13.3. The standard InChI is InChI=1S/C16H28N6O5S/c1-20(28(2,25)26)7-5-18-16(24)14-10-21(8-9-27-11-14)15(23)4-3-6-22-13-17-12-19-22/h12-14H,3-11H2,1-2H3,(H,18,24). The Bertz CT molecular complexity index is 739. The molecule has 2 rings (SSSR count). The second kappa shape index (κ2) is 10.5. The average molecular weight is 417 g/mol. The molecule has 0 bridgehead atoms. The average Bonchev–Trinajstić information content (AvgIpc) is 3.02. The van der Waals surface area contributed by atoms with Crippen molar-refractivity contribution in [1.29, 1.82) is 0 Å². The van der Waals surface area contributed by atoms with Crippen molar-refractivity contribution in [2.45, 2.75) is 19.4 Å². The van der Waals surface area contributed by atoms with Gasteiger partial charge in [0.2, 0.25) is 21.8 Å². The molecular weight excluding hydrogens is 388 g/mol. The number of likely N-dealkylation sites (N-methyl/N-ethyl adjacent to an activating group) is 1. The molecule has 0 spiro atoms.